The molecule has 1 aliphatic heterocycles. The average Bonchev–Trinajstić information content (AvgIpc) is 2.88. The van der Waals surface area contributed by atoms with Gasteiger partial charge in [-0.2, -0.15) is 0 Å². The second kappa shape index (κ2) is 9.84. The Morgan fingerprint density at radius 3 is 2.61 bits per heavy atom. The van der Waals surface area contributed by atoms with Gasteiger partial charge in [0.05, 0.1) is 16.2 Å². The molecule has 0 spiro atoms. The number of urea groups is 1. The third-order valence-corrected chi connectivity index (χ3v) is 5.11. The maximum atomic E-state index is 12.4. The Labute approximate surface area is 193 Å². The zero-order valence-electron chi connectivity index (χ0n) is 29.4. The van der Waals surface area contributed by atoms with Gasteiger partial charge in [0.2, 0.25) is 0 Å². The number of anilines is 1. The van der Waals surface area contributed by atoms with Gasteiger partial charge in [-0.25, -0.2) is 4.79 Å². The molecule has 156 valence electrons. The molecule has 6 heteroatoms. The van der Waals surface area contributed by atoms with Crippen molar-refractivity contribution in [1.82, 2.24) is 15.1 Å². The van der Waals surface area contributed by atoms with Gasteiger partial charge in [-0.1, -0.05) is 23.7 Å². The lowest BCUT2D eigenvalue weighted by molar-refractivity contribution is 0.194. The van der Waals surface area contributed by atoms with Gasteiger partial charge in [0.1, 0.15) is 0 Å². The quantitative estimate of drug-likeness (QED) is 0.784. The standard InChI is InChI=1S/C22H35ClN4O/c1-17-5-4-6-20(21(17)23)27-15-13-26(14-16-27)12-11-18-7-9-19(10-8-18)24-22(28)25(2)3/h4-6,18-19H,7-16H2,1-3H3,(H,24,28)/i4D,5D,6D,7D2,8D2,9D2,10D2,18D,19D. The largest absolute Gasteiger partial charge is 0.368 e. The molecule has 1 aliphatic carbocycles. The van der Waals surface area contributed by atoms with Gasteiger partial charge >= 0.3 is 6.03 Å². The molecule has 1 saturated heterocycles. The molecule has 2 amide bonds. The number of piperazine rings is 1. The zero-order chi connectivity index (χ0) is 31.7. The predicted molar refractivity (Wildman–Crippen MR) is 117 cm³/mol. The van der Waals surface area contributed by atoms with E-state index >= 15 is 0 Å². The molecule has 1 saturated carbocycles. The first kappa shape index (κ1) is 10.0. The van der Waals surface area contributed by atoms with Crippen molar-refractivity contribution in [1.29, 1.82) is 0 Å². The minimum Gasteiger partial charge on any atom is -0.368 e. The van der Waals surface area contributed by atoms with E-state index in [-0.39, 0.29) is 29.7 Å². The van der Waals surface area contributed by atoms with Crippen LogP contribution in [-0.2, 0) is 0 Å². The Morgan fingerprint density at radius 2 is 1.96 bits per heavy atom. The van der Waals surface area contributed by atoms with Gasteiger partial charge in [-0.15, -0.1) is 0 Å². The van der Waals surface area contributed by atoms with Crippen molar-refractivity contribution in [2.24, 2.45) is 5.89 Å². The number of carbonyl (C=O) groups excluding carboxylic acids is 1. The number of benzene rings is 1. The van der Waals surface area contributed by atoms with Crippen molar-refractivity contribution >= 4 is 23.3 Å². The highest BCUT2D eigenvalue weighted by atomic mass is 35.5. The topological polar surface area (TPSA) is 38.8 Å². The van der Waals surface area contributed by atoms with Crippen LogP contribution in [0.5, 0.6) is 0 Å². The third-order valence-electron chi connectivity index (χ3n) is 4.65. The number of carbonyl (C=O) groups is 1. The Bertz CT molecular complexity index is 1150. The Hall–Kier alpha value is -1.46. The van der Waals surface area contributed by atoms with Gasteiger partial charge in [-0.3, -0.25) is 4.90 Å². The number of rotatable bonds is 5. The molecular formula is C22H35ClN4O. The molecular weight excluding hydrogens is 372 g/mol. The van der Waals surface area contributed by atoms with E-state index in [9.17, 15) is 4.79 Å². The Kier molecular flexibility index (Phi) is 3.52. The zero-order valence-corrected chi connectivity index (χ0v) is 17.1. The summed E-state index contributed by atoms with van der Waals surface area (Å²) in [6.45, 7) is 2.70. The van der Waals surface area contributed by atoms with Crippen molar-refractivity contribution in [2.45, 2.75) is 44.9 Å². The van der Waals surface area contributed by atoms with Crippen LogP contribution < -0.4 is 10.2 Å². The fourth-order valence-electron chi connectivity index (χ4n) is 2.90. The van der Waals surface area contributed by atoms with E-state index in [4.69, 9.17) is 29.4 Å². The summed E-state index contributed by atoms with van der Waals surface area (Å²) in [7, 11) is 2.50. The molecule has 1 N–H and O–H groups in total. The summed E-state index contributed by atoms with van der Waals surface area (Å²) in [5, 5.41) is 2.04. The van der Waals surface area contributed by atoms with Crippen LogP contribution in [0.15, 0.2) is 18.1 Å². The van der Waals surface area contributed by atoms with E-state index in [1.54, 1.807) is 16.7 Å². The van der Waals surface area contributed by atoms with Crippen molar-refractivity contribution in [3.63, 3.8) is 0 Å². The van der Waals surface area contributed by atoms with Crippen LogP contribution in [0.25, 0.3) is 0 Å². The summed E-state index contributed by atoms with van der Waals surface area (Å²) >= 11 is 6.41. The summed E-state index contributed by atoms with van der Waals surface area (Å²) in [4.78, 5) is 16.8. The number of halogens is 1. The predicted octanol–water partition coefficient (Wildman–Crippen LogP) is 3.99. The third kappa shape index (κ3) is 5.54. The molecule has 2 fully saturated rings. The number of nitrogens with one attached hydrogen (secondary N) is 1. The van der Waals surface area contributed by atoms with Gasteiger partial charge < -0.3 is 15.1 Å². The maximum absolute atomic E-state index is 12.4. The van der Waals surface area contributed by atoms with Crippen LogP contribution in [0.3, 0.4) is 0 Å². The van der Waals surface area contributed by atoms with Crippen LogP contribution in [0.2, 0.25) is 5.02 Å². The summed E-state index contributed by atoms with van der Waals surface area (Å²) in [6, 6.07) is -5.09. The summed E-state index contributed by atoms with van der Waals surface area (Å²) in [5.41, 5.74) is 0.688. The minimum absolute atomic E-state index is 0.104. The molecule has 3 rings (SSSR count). The van der Waals surface area contributed by atoms with Crippen LogP contribution in [0.4, 0.5) is 10.5 Å². The molecule has 28 heavy (non-hydrogen) atoms. The summed E-state index contributed by atoms with van der Waals surface area (Å²) in [6.07, 6.45) is -14.5. The van der Waals surface area contributed by atoms with Crippen molar-refractivity contribution < 1.29 is 22.6 Å². The molecule has 0 atom stereocenters. The fourth-order valence-corrected chi connectivity index (χ4v) is 3.11. The van der Waals surface area contributed by atoms with E-state index in [0.717, 1.165) is 4.90 Å². The van der Waals surface area contributed by atoms with Crippen LogP contribution in [0.1, 0.15) is 55.3 Å². The number of amides is 2. The van der Waals surface area contributed by atoms with Gasteiger partial charge in [0.15, 0.2) is 0 Å². The van der Waals surface area contributed by atoms with Gasteiger partial charge in [0, 0.05) is 58.6 Å². The first-order chi connectivity index (χ1) is 18.4. The fraction of sp³-hybridized carbons (Fsp3) is 0.682. The molecule has 2 aliphatic rings. The molecule has 0 aromatic heterocycles. The molecule has 5 nitrogen and oxygen atoms in total. The maximum Gasteiger partial charge on any atom is 0.317 e. The molecule has 1 aromatic carbocycles. The first-order valence-electron chi connectivity index (χ1n) is 15.7. The monoisotopic (exact) mass is 419 g/mol. The average molecular weight is 420 g/mol. The van der Waals surface area contributed by atoms with E-state index in [2.05, 4.69) is 0 Å². The van der Waals surface area contributed by atoms with Crippen molar-refractivity contribution in [3.8, 4) is 0 Å². The van der Waals surface area contributed by atoms with E-state index < -0.39 is 49.9 Å². The van der Waals surface area contributed by atoms with Crippen LogP contribution in [-0.4, -0.2) is 68.7 Å². The second-order valence-electron chi connectivity index (χ2n) is 6.92. The second-order valence-corrected chi connectivity index (χ2v) is 7.30. The lowest BCUT2D eigenvalue weighted by Gasteiger charge is -2.37. The molecule has 0 radical (unpaired) electrons. The van der Waals surface area contributed by atoms with Crippen molar-refractivity contribution in [3.05, 3.63) is 28.7 Å². The number of nitrogens with zero attached hydrogens (tertiary/aromatic N) is 3. The molecule has 1 aromatic rings. The Morgan fingerprint density at radius 1 is 1.29 bits per heavy atom. The summed E-state index contributed by atoms with van der Waals surface area (Å²) < 4.78 is 110. The van der Waals surface area contributed by atoms with Crippen LogP contribution in [0, 0.1) is 12.8 Å². The highest BCUT2D eigenvalue weighted by Crippen LogP contribution is 2.30. The lowest BCUT2D eigenvalue weighted by atomic mass is 9.84. The highest BCUT2D eigenvalue weighted by molar-refractivity contribution is 6.34. The number of hydrogen-bond acceptors (Lipinski definition) is 3. The van der Waals surface area contributed by atoms with Crippen molar-refractivity contribution in [2.75, 3.05) is 51.7 Å². The normalized spacial score (nSPS) is 42.7. The minimum atomic E-state index is -3.53. The van der Waals surface area contributed by atoms with Gasteiger partial charge in [0.25, 0.3) is 0 Å². The van der Waals surface area contributed by atoms with Gasteiger partial charge in [-0.05, 0) is 62.9 Å². The number of hydrogen-bond donors (Lipinski definition) is 1. The smallest absolute Gasteiger partial charge is 0.317 e. The first-order valence-corrected chi connectivity index (χ1v) is 9.55. The Balaban J connectivity index is 1.87. The summed E-state index contributed by atoms with van der Waals surface area (Å²) in [5.74, 6) is -3.00. The van der Waals surface area contributed by atoms with E-state index in [1.165, 1.54) is 14.1 Å². The van der Waals surface area contributed by atoms with Crippen LogP contribution >= 0.6 is 11.6 Å². The van der Waals surface area contributed by atoms with E-state index in [0.29, 0.717) is 37.4 Å². The molecule has 0 bridgehead atoms. The lowest BCUT2D eigenvalue weighted by Crippen LogP contribution is -2.47. The SMILES string of the molecule is [2H]c1c([2H])c(C)c(Cl)c(N2CCN(CCC3([2H])C([2H])([2H])C([2H])([2H])C([2H])(NC(=O)N(C)C)C([2H])([2H])C3([2H])[2H])CC2)c1[2H]. The van der Waals surface area contributed by atoms with E-state index in [1.807, 2.05) is 5.32 Å². The molecule has 1 heterocycles. The highest BCUT2D eigenvalue weighted by Gasteiger charge is 2.24. The molecule has 0 unspecified atom stereocenters.